The highest BCUT2D eigenvalue weighted by Gasteiger charge is 2.61. The van der Waals surface area contributed by atoms with E-state index in [0.29, 0.717) is 16.6 Å². The second kappa shape index (κ2) is 3.91. The van der Waals surface area contributed by atoms with E-state index in [0.717, 1.165) is 18.8 Å². The summed E-state index contributed by atoms with van der Waals surface area (Å²) in [6.45, 7) is 11.6. The number of carbonyl (C=O) groups is 1. The molecule has 4 aliphatic rings. The molecule has 4 atom stereocenters. The van der Waals surface area contributed by atoms with E-state index < -0.39 is 0 Å². The molecular weight excluding hydrogens is 256 g/mol. The summed E-state index contributed by atoms with van der Waals surface area (Å²) in [5.41, 5.74) is 3.71. The van der Waals surface area contributed by atoms with Crippen molar-refractivity contribution in [3.63, 3.8) is 0 Å². The summed E-state index contributed by atoms with van der Waals surface area (Å²) in [5.74, 6) is 1.24. The van der Waals surface area contributed by atoms with Gasteiger partial charge in [0.15, 0.2) is 5.78 Å². The fourth-order valence-corrected chi connectivity index (χ4v) is 6.74. The van der Waals surface area contributed by atoms with Gasteiger partial charge in [-0.1, -0.05) is 44.9 Å². The molecule has 4 aliphatic carbocycles. The molecule has 1 nitrogen and oxygen atoms in total. The van der Waals surface area contributed by atoms with Crippen molar-refractivity contribution < 1.29 is 4.79 Å². The molecule has 21 heavy (non-hydrogen) atoms. The van der Waals surface area contributed by atoms with Crippen molar-refractivity contribution in [3.05, 3.63) is 23.8 Å². The molecular formula is C20H28O. The topological polar surface area (TPSA) is 17.1 Å². The van der Waals surface area contributed by atoms with Gasteiger partial charge in [-0.15, -0.1) is 0 Å². The molecule has 0 aliphatic heterocycles. The molecule has 3 saturated carbocycles. The van der Waals surface area contributed by atoms with E-state index in [1.807, 2.05) is 0 Å². The minimum atomic E-state index is 0.144. The van der Waals surface area contributed by atoms with Crippen LogP contribution in [0, 0.1) is 28.1 Å². The summed E-state index contributed by atoms with van der Waals surface area (Å²) in [6.07, 6.45) is 10.8. The maximum Gasteiger partial charge on any atom is 0.162 e. The Bertz CT molecular complexity index is 566. The lowest BCUT2D eigenvalue weighted by atomic mass is 9.44. The Morgan fingerprint density at radius 1 is 1.19 bits per heavy atom. The third kappa shape index (κ3) is 1.61. The first kappa shape index (κ1) is 13.8. The minimum Gasteiger partial charge on any atom is -0.294 e. The number of hydrogen-bond acceptors (Lipinski definition) is 1. The van der Waals surface area contributed by atoms with Gasteiger partial charge in [0.05, 0.1) is 0 Å². The molecule has 0 aromatic carbocycles. The molecule has 0 heterocycles. The fraction of sp³-hybridized carbons (Fsp3) is 0.750. The van der Waals surface area contributed by atoms with Crippen LogP contribution >= 0.6 is 0 Å². The molecule has 0 N–H and O–H groups in total. The number of allylic oxidation sites excluding steroid dienone is 3. The molecule has 0 aromatic rings. The number of fused-ring (bicyclic) bond motifs is 3. The first-order valence-electron chi connectivity index (χ1n) is 8.73. The van der Waals surface area contributed by atoms with Crippen LogP contribution in [0.25, 0.3) is 0 Å². The third-order valence-corrected chi connectivity index (χ3v) is 7.61. The van der Waals surface area contributed by atoms with E-state index in [1.165, 1.54) is 43.3 Å². The molecule has 3 fully saturated rings. The normalized spacial score (nSPS) is 47.7. The first-order valence-corrected chi connectivity index (χ1v) is 8.73. The second-order valence-corrected chi connectivity index (χ2v) is 9.18. The lowest BCUT2D eigenvalue weighted by molar-refractivity contribution is -0.119. The zero-order valence-electron chi connectivity index (χ0n) is 13.8. The van der Waals surface area contributed by atoms with Crippen molar-refractivity contribution >= 4 is 5.78 Å². The number of carbonyl (C=O) groups excluding carboxylic acids is 1. The van der Waals surface area contributed by atoms with E-state index >= 15 is 0 Å². The van der Waals surface area contributed by atoms with Crippen LogP contribution in [0.4, 0.5) is 0 Å². The smallest absolute Gasteiger partial charge is 0.162 e. The van der Waals surface area contributed by atoms with Crippen molar-refractivity contribution in [1.29, 1.82) is 0 Å². The van der Waals surface area contributed by atoms with E-state index in [2.05, 4.69) is 33.4 Å². The van der Waals surface area contributed by atoms with Crippen molar-refractivity contribution in [2.75, 3.05) is 0 Å². The summed E-state index contributed by atoms with van der Waals surface area (Å²) < 4.78 is 0. The van der Waals surface area contributed by atoms with Crippen LogP contribution < -0.4 is 0 Å². The predicted octanol–water partition coefficient (Wildman–Crippen LogP) is 5.07. The average molecular weight is 284 g/mol. The maximum absolute atomic E-state index is 12.6. The van der Waals surface area contributed by atoms with Gasteiger partial charge in [-0.05, 0) is 66.8 Å². The summed E-state index contributed by atoms with van der Waals surface area (Å²) >= 11 is 0. The molecule has 2 bridgehead atoms. The Balaban J connectivity index is 1.85. The second-order valence-electron chi connectivity index (χ2n) is 9.18. The Labute approximate surface area is 128 Å². The van der Waals surface area contributed by atoms with Crippen molar-refractivity contribution in [2.45, 2.75) is 65.7 Å². The highest BCUT2D eigenvalue weighted by molar-refractivity contribution is 5.97. The third-order valence-electron chi connectivity index (χ3n) is 7.61. The van der Waals surface area contributed by atoms with Gasteiger partial charge in [0.1, 0.15) is 0 Å². The quantitative estimate of drug-likeness (QED) is 0.567. The summed E-state index contributed by atoms with van der Waals surface area (Å²) in [4.78, 5) is 12.6. The predicted molar refractivity (Wildman–Crippen MR) is 85.9 cm³/mol. The molecule has 0 amide bonds. The van der Waals surface area contributed by atoms with Crippen molar-refractivity contribution in [1.82, 2.24) is 0 Å². The first-order chi connectivity index (χ1) is 9.79. The number of rotatable bonds is 0. The summed E-state index contributed by atoms with van der Waals surface area (Å²) in [5, 5.41) is 0. The van der Waals surface area contributed by atoms with Crippen molar-refractivity contribution in [3.8, 4) is 0 Å². The Hall–Kier alpha value is -0.850. The standard InChI is InChI=1S/C20H28O/c1-13-11-20-9-6-16-18(2,3)7-5-8-19(16,4)17(20)10-15(21)14(13)12-20/h10,14,16H,1,5-9,11-12H2,2-4H3/t14-,16-,19+,20-/m1/s1. The van der Waals surface area contributed by atoms with Crippen LogP contribution in [0.3, 0.4) is 0 Å². The molecule has 1 spiro atoms. The Morgan fingerprint density at radius 3 is 2.71 bits per heavy atom. The van der Waals surface area contributed by atoms with Gasteiger partial charge < -0.3 is 0 Å². The van der Waals surface area contributed by atoms with Crippen molar-refractivity contribution in [2.24, 2.45) is 28.1 Å². The van der Waals surface area contributed by atoms with Gasteiger partial charge in [0.2, 0.25) is 0 Å². The summed E-state index contributed by atoms with van der Waals surface area (Å²) in [7, 11) is 0. The zero-order chi connectivity index (χ0) is 15.0. The van der Waals surface area contributed by atoms with E-state index in [1.54, 1.807) is 0 Å². The molecule has 0 radical (unpaired) electrons. The van der Waals surface area contributed by atoms with Crippen LogP contribution in [-0.4, -0.2) is 5.78 Å². The van der Waals surface area contributed by atoms with Gasteiger partial charge in [-0.3, -0.25) is 4.79 Å². The van der Waals surface area contributed by atoms with Gasteiger partial charge in [0, 0.05) is 5.92 Å². The largest absolute Gasteiger partial charge is 0.294 e. The molecule has 0 unspecified atom stereocenters. The van der Waals surface area contributed by atoms with Gasteiger partial charge in [-0.25, -0.2) is 0 Å². The highest BCUT2D eigenvalue weighted by Crippen LogP contribution is 2.69. The number of ketones is 1. The van der Waals surface area contributed by atoms with Crippen LogP contribution in [0.5, 0.6) is 0 Å². The minimum absolute atomic E-state index is 0.144. The van der Waals surface area contributed by atoms with Crippen LogP contribution in [0.1, 0.15) is 65.7 Å². The van der Waals surface area contributed by atoms with E-state index in [4.69, 9.17) is 0 Å². The monoisotopic (exact) mass is 284 g/mol. The van der Waals surface area contributed by atoms with E-state index in [-0.39, 0.29) is 11.3 Å². The zero-order valence-corrected chi connectivity index (χ0v) is 13.8. The Morgan fingerprint density at radius 2 is 1.95 bits per heavy atom. The Kier molecular flexibility index (Phi) is 2.57. The van der Waals surface area contributed by atoms with Crippen LogP contribution in [0.2, 0.25) is 0 Å². The average Bonchev–Trinajstić information content (AvgIpc) is 2.66. The fourth-order valence-electron chi connectivity index (χ4n) is 6.74. The lowest BCUT2D eigenvalue weighted by Crippen LogP contribution is -2.51. The molecule has 0 saturated heterocycles. The lowest BCUT2D eigenvalue weighted by Gasteiger charge is -2.60. The van der Waals surface area contributed by atoms with Gasteiger partial charge in [0.25, 0.3) is 0 Å². The van der Waals surface area contributed by atoms with Gasteiger partial charge >= 0.3 is 0 Å². The maximum atomic E-state index is 12.6. The molecule has 114 valence electrons. The van der Waals surface area contributed by atoms with E-state index in [9.17, 15) is 4.79 Å². The van der Waals surface area contributed by atoms with Crippen LogP contribution in [0.15, 0.2) is 23.8 Å². The molecule has 4 rings (SSSR count). The molecule has 0 aromatic heterocycles. The SMILES string of the molecule is C=C1C[C@@]23CC[C@@H]4C(C)(C)CCC[C@]4(C)C2=CC(=O)[C@@H]1C3. The molecule has 1 heteroatoms. The highest BCUT2D eigenvalue weighted by atomic mass is 16.1. The number of hydrogen-bond donors (Lipinski definition) is 0. The van der Waals surface area contributed by atoms with Crippen LogP contribution in [-0.2, 0) is 4.79 Å². The van der Waals surface area contributed by atoms with Gasteiger partial charge in [-0.2, -0.15) is 0 Å². The summed E-state index contributed by atoms with van der Waals surface area (Å²) in [6, 6.07) is 0.